The summed E-state index contributed by atoms with van der Waals surface area (Å²) in [6, 6.07) is 16.0. The van der Waals surface area contributed by atoms with Crippen LogP contribution in [-0.2, 0) is 6.54 Å². The van der Waals surface area contributed by atoms with Gasteiger partial charge in [0, 0.05) is 23.9 Å². The van der Waals surface area contributed by atoms with Crippen molar-refractivity contribution in [3.63, 3.8) is 0 Å². The van der Waals surface area contributed by atoms with Gasteiger partial charge < -0.3 is 5.32 Å². The molecule has 0 bridgehead atoms. The van der Waals surface area contributed by atoms with Crippen LogP contribution in [0.2, 0.25) is 0 Å². The molecule has 0 atom stereocenters. The Morgan fingerprint density at radius 2 is 1.96 bits per heavy atom. The van der Waals surface area contributed by atoms with Crippen LogP contribution in [-0.4, -0.2) is 24.6 Å². The molecule has 3 aromatic heterocycles. The van der Waals surface area contributed by atoms with Gasteiger partial charge in [0.15, 0.2) is 5.65 Å². The number of aromatic nitrogens is 5. The second-order valence-corrected chi connectivity index (χ2v) is 5.50. The van der Waals surface area contributed by atoms with Gasteiger partial charge in [-0.3, -0.25) is 0 Å². The van der Waals surface area contributed by atoms with E-state index in [0.717, 1.165) is 34.1 Å². The number of benzene rings is 1. The zero-order valence-corrected chi connectivity index (χ0v) is 13.2. The van der Waals surface area contributed by atoms with Gasteiger partial charge in [0.1, 0.15) is 12.1 Å². The van der Waals surface area contributed by atoms with Gasteiger partial charge in [-0.05, 0) is 13.0 Å². The minimum absolute atomic E-state index is 0.592. The summed E-state index contributed by atoms with van der Waals surface area (Å²) < 4.78 is 1.82. The molecule has 0 spiro atoms. The Labute approximate surface area is 139 Å². The Balaban J connectivity index is 1.75. The number of nitrogens with zero attached hydrogens (tertiary/aromatic N) is 5. The predicted molar refractivity (Wildman–Crippen MR) is 92.5 cm³/mol. The predicted octanol–water partition coefficient (Wildman–Crippen LogP) is 3.11. The van der Waals surface area contributed by atoms with Gasteiger partial charge >= 0.3 is 0 Å². The van der Waals surface area contributed by atoms with Crippen LogP contribution in [0.3, 0.4) is 0 Å². The lowest BCUT2D eigenvalue weighted by atomic mass is 10.1. The van der Waals surface area contributed by atoms with E-state index in [2.05, 4.69) is 32.5 Å². The summed E-state index contributed by atoms with van der Waals surface area (Å²) in [5, 5.41) is 7.92. The van der Waals surface area contributed by atoms with Crippen molar-refractivity contribution >= 4 is 11.5 Å². The standard InChI is InChI=1S/C18H16N6/c1-13-9-18-22-16(14-5-3-2-4-6-14)10-17(24(18)23-13)20-11-15-7-8-19-12-21-15/h2-10,12,20H,11H2,1H3. The fourth-order valence-electron chi connectivity index (χ4n) is 2.58. The summed E-state index contributed by atoms with van der Waals surface area (Å²) in [6.07, 6.45) is 3.28. The third-order valence-electron chi connectivity index (χ3n) is 3.71. The number of aryl methyl sites for hydroxylation is 1. The topological polar surface area (TPSA) is 68.0 Å². The fraction of sp³-hybridized carbons (Fsp3) is 0.111. The molecule has 0 aliphatic heterocycles. The van der Waals surface area contributed by atoms with E-state index < -0.39 is 0 Å². The zero-order valence-electron chi connectivity index (χ0n) is 13.2. The van der Waals surface area contributed by atoms with E-state index in [4.69, 9.17) is 4.98 Å². The molecule has 0 radical (unpaired) electrons. The van der Waals surface area contributed by atoms with E-state index in [-0.39, 0.29) is 0 Å². The zero-order chi connectivity index (χ0) is 16.4. The molecule has 0 aliphatic rings. The molecule has 0 aliphatic carbocycles. The Hall–Kier alpha value is -3.28. The number of nitrogens with one attached hydrogen (secondary N) is 1. The average molecular weight is 316 g/mol. The summed E-state index contributed by atoms with van der Waals surface area (Å²) in [6.45, 7) is 2.56. The smallest absolute Gasteiger partial charge is 0.158 e. The monoisotopic (exact) mass is 316 g/mol. The maximum Gasteiger partial charge on any atom is 0.158 e. The van der Waals surface area contributed by atoms with Crippen molar-refractivity contribution in [2.75, 3.05) is 5.32 Å². The van der Waals surface area contributed by atoms with Crippen molar-refractivity contribution in [2.45, 2.75) is 13.5 Å². The van der Waals surface area contributed by atoms with Gasteiger partial charge in [-0.1, -0.05) is 30.3 Å². The second kappa shape index (κ2) is 6.08. The molecule has 3 heterocycles. The van der Waals surface area contributed by atoms with Crippen LogP contribution < -0.4 is 5.32 Å². The molecule has 6 heteroatoms. The third-order valence-corrected chi connectivity index (χ3v) is 3.71. The highest BCUT2D eigenvalue weighted by atomic mass is 15.3. The van der Waals surface area contributed by atoms with Crippen LogP contribution in [0.1, 0.15) is 11.4 Å². The Morgan fingerprint density at radius 1 is 1.08 bits per heavy atom. The molecule has 0 amide bonds. The highest BCUT2D eigenvalue weighted by Gasteiger charge is 2.09. The lowest BCUT2D eigenvalue weighted by Gasteiger charge is -2.10. The van der Waals surface area contributed by atoms with E-state index in [9.17, 15) is 0 Å². The van der Waals surface area contributed by atoms with Crippen molar-refractivity contribution in [1.29, 1.82) is 0 Å². The average Bonchev–Trinajstić information content (AvgIpc) is 3.01. The van der Waals surface area contributed by atoms with Crippen molar-refractivity contribution < 1.29 is 0 Å². The molecular formula is C18H16N6. The second-order valence-electron chi connectivity index (χ2n) is 5.50. The SMILES string of the molecule is Cc1cc2nc(-c3ccccc3)cc(NCc3ccncn3)n2n1. The molecule has 1 aromatic carbocycles. The van der Waals surface area contributed by atoms with E-state index in [1.54, 1.807) is 12.5 Å². The van der Waals surface area contributed by atoms with E-state index in [1.807, 2.05) is 47.8 Å². The van der Waals surface area contributed by atoms with Crippen molar-refractivity contribution in [3.8, 4) is 11.3 Å². The molecule has 0 unspecified atom stereocenters. The normalized spacial score (nSPS) is 10.9. The van der Waals surface area contributed by atoms with Gasteiger partial charge in [-0.2, -0.15) is 9.61 Å². The van der Waals surface area contributed by atoms with Crippen LogP contribution >= 0.6 is 0 Å². The van der Waals surface area contributed by atoms with Crippen LogP contribution in [0, 0.1) is 6.92 Å². The first kappa shape index (κ1) is 14.3. The van der Waals surface area contributed by atoms with Gasteiger partial charge in [-0.25, -0.2) is 15.0 Å². The molecule has 4 rings (SSSR count). The molecule has 0 fully saturated rings. The highest BCUT2D eigenvalue weighted by molar-refractivity contribution is 5.66. The minimum Gasteiger partial charge on any atom is -0.364 e. The van der Waals surface area contributed by atoms with Gasteiger partial charge in [-0.15, -0.1) is 0 Å². The number of fused-ring (bicyclic) bond motifs is 1. The summed E-state index contributed by atoms with van der Waals surface area (Å²) >= 11 is 0. The number of hydrogen-bond donors (Lipinski definition) is 1. The largest absolute Gasteiger partial charge is 0.364 e. The van der Waals surface area contributed by atoms with E-state index in [0.29, 0.717) is 6.54 Å². The number of anilines is 1. The molecule has 6 nitrogen and oxygen atoms in total. The third kappa shape index (κ3) is 2.81. The molecule has 4 aromatic rings. The maximum absolute atomic E-state index is 4.72. The minimum atomic E-state index is 0.592. The summed E-state index contributed by atoms with van der Waals surface area (Å²) in [5.41, 5.74) is 4.65. The highest BCUT2D eigenvalue weighted by Crippen LogP contribution is 2.22. The van der Waals surface area contributed by atoms with Gasteiger partial charge in [0.25, 0.3) is 0 Å². The Morgan fingerprint density at radius 3 is 2.75 bits per heavy atom. The molecular weight excluding hydrogens is 300 g/mol. The van der Waals surface area contributed by atoms with E-state index >= 15 is 0 Å². The van der Waals surface area contributed by atoms with Gasteiger partial charge in [0.05, 0.1) is 23.6 Å². The first-order valence-electron chi connectivity index (χ1n) is 7.71. The molecule has 0 saturated carbocycles. The number of rotatable bonds is 4. The van der Waals surface area contributed by atoms with E-state index in [1.165, 1.54) is 0 Å². The fourth-order valence-corrected chi connectivity index (χ4v) is 2.58. The lowest BCUT2D eigenvalue weighted by Crippen LogP contribution is -2.07. The van der Waals surface area contributed by atoms with Crippen LogP contribution in [0.4, 0.5) is 5.82 Å². The molecule has 1 N–H and O–H groups in total. The van der Waals surface area contributed by atoms with Crippen LogP contribution in [0.5, 0.6) is 0 Å². The first-order chi connectivity index (χ1) is 11.8. The molecule has 118 valence electrons. The first-order valence-corrected chi connectivity index (χ1v) is 7.71. The van der Waals surface area contributed by atoms with Crippen molar-refractivity contribution in [3.05, 3.63) is 72.4 Å². The summed E-state index contributed by atoms with van der Waals surface area (Å²) in [4.78, 5) is 12.9. The van der Waals surface area contributed by atoms with Gasteiger partial charge in [0.2, 0.25) is 0 Å². The Bertz CT molecular complexity index is 963. The van der Waals surface area contributed by atoms with Crippen molar-refractivity contribution in [2.24, 2.45) is 0 Å². The van der Waals surface area contributed by atoms with Crippen molar-refractivity contribution in [1.82, 2.24) is 24.6 Å². The maximum atomic E-state index is 4.72. The number of hydrogen-bond acceptors (Lipinski definition) is 5. The Kier molecular flexibility index (Phi) is 3.63. The van der Waals surface area contributed by atoms with Crippen LogP contribution in [0.15, 0.2) is 61.1 Å². The van der Waals surface area contributed by atoms with Crippen LogP contribution in [0.25, 0.3) is 16.9 Å². The molecule has 0 saturated heterocycles. The molecule has 24 heavy (non-hydrogen) atoms. The lowest BCUT2D eigenvalue weighted by molar-refractivity contribution is 0.899. The summed E-state index contributed by atoms with van der Waals surface area (Å²) in [7, 11) is 0. The summed E-state index contributed by atoms with van der Waals surface area (Å²) in [5.74, 6) is 0.880. The quantitative estimate of drug-likeness (QED) is 0.626.